The van der Waals surface area contributed by atoms with E-state index in [1.165, 1.54) is 11.1 Å². The van der Waals surface area contributed by atoms with Crippen LogP contribution in [0.5, 0.6) is 0 Å². The van der Waals surface area contributed by atoms with Crippen molar-refractivity contribution in [3.63, 3.8) is 0 Å². The molecule has 0 amide bonds. The summed E-state index contributed by atoms with van der Waals surface area (Å²) < 4.78 is 0. The van der Waals surface area contributed by atoms with Gasteiger partial charge in [0.1, 0.15) is 0 Å². The first-order valence-corrected chi connectivity index (χ1v) is 6.53. The van der Waals surface area contributed by atoms with Crippen LogP contribution >= 0.6 is 12.4 Å². The van der Waals surface area contributed by atoms with Crippen LogP contribution in [0.15, 0.2) is 42.7 Å². The summed E-state index contributed by atoms with van der Waals surface area (Å²) in [4.78, 5) is 12.4. The number of imidazole rings is 1. The largest absolute Gasteiger partial charge is 0.348 e. The van der Waals surface area contributed by atoms with E-state index in [0.717, 1.165) is 29.9 Å². The molecule has 5 heteroatoms. The van der Waals surface area contributed by atoms with Gasteiger partial charge in [0.15, 0.2) is 0 Å². The van der Waals surface area contributed by atoms with E-state index in [4.69, 9.17) is 4.98 Å². The third kappa shape index (κ3) is 2.07. The minimum atomic E-state index is 0. The summed E-state index contributed by atoms with van der Waals surface area (Å²) in [6.07, 6.45) is 2.77. The number of nitrogens with zero attached hydrogens (tertiary/aromatic N) is 2. The fourth-order valence-corrected chi connectivity index (χ4v) is 2.71. The first-order chi connectivity index (χ1) is 9.42. The van der Waals surface area contributed by atoms with Gasteiger partial charge in [0.2, 0.25) is 0 Å². The van der Waals surface area contributed by atoms with Crippen molar-refractivity contribution in [1.29, 1.82) is 0 Å². The lowest BCUT2D eigenvalue weighted by atomic mass is 10.0. The van der Waals surface area contributed by atoms with E-state index < -0.39 is 0 Å². The van der Waals surface area contributed by atoms with E-state index >= 15 is 0 Å². The predicted molar refractivity (Wildman–Crippen MR) is 81.1 cm³/mol. The van der Waals surface area contributed by atoms with Crippen LogP contribution in [-0.2, 0) is 6.42 Å². The molecule has 0 fully saturated rings. The number of benzene rings is 1. The lowest BCUT2D eigenvalue weighted by Crippen LogP contribution is -2.31. The molecule has 2 N–H and O–H groups in total. The predicted octanol–water partition coefficient (Wildman–Crippen LogP) is 2.61. The summed E-state index contributed by atoms with van der Waals surface area (Å²) in [5.41, 5.74) is 4.36. The number of aromatic amines is 1. The average molecular weight is 287 g/mol. The molecule has 0 spiro atoms. The van der Waals surface area contributed by atoms with Crippen molar-refractivity contribution in [3.8, 4) is 0 Å². The molecule has 1 aliphatic heterocycles. The fraction of sp³-hybridized carbons (Fsp3) is 0.200. The second-order valence-corrected chi connectivity index (χ2v) is 4.83. The van der Waals surface area contributed by atoms with Gasteiger partial charge in [0, 0.05) is 24.0 Å². The summed E-state index contributed by atoms with van der Waals surface area (Å²) in [6.45, 7) is 0.953. The van der Waals surface area contributed by atoms with Crippen molar-refractivity contribution in [2.45, 2.75) is 12.5 Å². The Hall–Kier alpha value is -1.91. The summed E-state index contributed by atoms with van der Waals surface area (Å²) in [6, 6.07) is 12.5. The molecule has 1 atom stereocenters. The average Bonchev–Trinajstić information content (AvgIpc) is 2.95. The molecule has 20 heavy (non-hydrogen) atoms. The lowest BCUT2D eigenvalue weighted by Gasteiger charge is -2.22. The molecule has 102 valence electrons. The standard InChI is InChI=1S/C15H14N4.ClH/c1-2-4-11-10(3-1)5-6-13(19-11)15-14-12(7-8-16-15)17-9-18-14;/h1-6,9,15-16H,7-8H2,(H,17,18);1H. The van der Waals surface area contributed by atoms with Crippen LogP contribution in [0.2, 0.25) is 0 Å². The van der Waals surface area contributed by atoms with Gasteiger partial charge in [-0.15, -0.1) is 12.4 Å². The van der Waals surface area contributed by atoms with Crippen molar-refractivity contribution in [2.75, 3.05) is 6.54 Å². The second kappa shape index (κ2) is 5.23. The molecule has 1 unspecified atom stereocenters. The number of rotatable bonds is 1. The van der Waals surface area contributed by atoms with Gasteiger partial charge in [-0.2, -0.15) is 0 Å². The molecule has 3 aromatic rings. The van der Waals surface area contributed by atoms with Crippen LogP contribution in [0.4, 0.5) is 0 Å². The molecule has 4 rings (SSSR count). The highest BCUT2D eigenvalue weighted by Crippen LogP contribution is 2.26. The number of hydrogen-bond donors (Lipinski definition) is 2. The number of pyridine rings is 1. The number of hydrogen-bond acceptors (Lipinski definition) is 3. The Balaban J connectivity index is 0.00000121. The summed E-state index contributed by atoms with van der Waals surface area (Å²) in [5.74, 6) is 0. The van der Waals surface area contributed by atoms with Gasteiger partial charge in [-0.1, -0.05) is 24.3 Å². The van der Waals surface area contributed by atoms with E-state index in [9.17, 15) is 0 Å². The van der Waals surface area contributed by atoms with Gasteiger partial charge in [0.05, 0.1) is 29.3 Å². The molecule has 0 bridgehead atoms. The van der Waals surface area contributed by atoms with Crippen LogP contribution in [0.25, 0.3) is 10.9 Å². The molecule has 0 aliphatic carbocycles. The molecule has 0 saturated carbocycles. The van der Waals surface area contributed by atoms with Crippen molar-refractivity contribution >= 4 is 23.3 Å². The van der Waals surface area contributed by atoms with Crippen LogP contribution in [0.1, 0.15) is 23.1 Å². The van der Waals surface area contributed by atoms with Gasteiger partial charge in [0.25, 0.3) is 0 Å². The Morgan fingerprint density at radius 1 is 1.10 bits per heavy atom. The first kappa shape index (κ1) is 13.1. The highest BCUT2D eigenvalue weighted by molar-refractivity contribution is 5.85. The molecule has 1 aliphatic rings. The third-order valence-corrected chi connectivity index (χ3v) is 3.66. The van der Waals surface area contributed by atoms with Crippen LogP contribution < -0.4 is 5.32 Å². The molecular formula is C15H15ClN4. The Labute approximate surface area is 123 Å². The van der Waals surface area contributed by atoms with Crippen molar-refractivity contribution in [1.82, 2.24) is 20.3 Å². The SMILES string of the molecule is Cl.c1ccc2nc(C3NCCc4[nH]cnc43)ccc2c1. The van der Waals surface area contributed by atoms with E-state index in [1.54, 1.807) is 6.33 Å². The Kier molecular flexibility index (Phi) is 3.42. The van der Waals surface area contributed by atoms with Gasteiger partial charge in [-0.05, 0) is 12.1 Å². The Bertz CT molecular complexity index is 737. The lowest BCUT2D eigenvalue weighted by molar-refractivity contribution is 0.544. The smallest absolute Gasteiger partial charge is 0.0943 e. The first-order valence-electron chi connectivity index (χ1n) is 6.53. The maximum atomic E-state index is 4.76. The molecule has 2 aromatic heterocycles. The molecule has 4 nitrogen and oxygen atoms in total. The Morgan fingerprint density at radius 3 is 2.95 bits per heavy atom. The van der Waals surface area contributed by atoms with Crippen molar-refractivity contribution in [2.24, 2.45) is 0 Å². The minimum Gasteiger partial charge on any atom is -0.348 e. The highest BCUT2D eigenvalue weighted by Gasteiger charge is 2.24. The van der Waals surface area contributed by atoms with Gasteiger partial charge in [-0.3, -0.25) is 4.98 Å². The summed E-state index contributed by atoms with van der Waals surface area (Å²) in [5, 5.41) is 4.67. The molecular weight excluding hydrogens is 272 g/mol. The monoisotopic (exact) mass is 286 g/mol. The zero-order valence-electron chi connectivity index (χ0n) is 10.8. The second-order valence-electron chi connectivity index (χ2n) is 4.83. The topological polar surface area (TPSA) is 53.6 Å². The fourth-order valence-electron chi connectivity index (χ4n) is 2.71. The third-order valence-electron chi connectivity index (χ3n) is 3.66. The van der Waals surface area contributed by atoms with Crippen LogP contribution in [0.3, 0.4) is 0 Å². The number of para-hydroxylation sites is 1. The van der Waals surface area contributed by atoms with Crippen LogP contribution in [0, 0.1) is 0 Å². The van der Waals surface area contributed by atoms with Gasteiger partial charge >= 0.3 is 0 Å². The number of aromatic nitrogens is 3. The highest BCUT2D eigenvalue weighted by atomic mass is 35.5. The molecule has 0 radical (unpaired) electrons. The van der Waals surface area contributed by atoms with Crippen LogP contribution in [-0.4, -0.2) is 21.5 Å². The number of nitrogens with one attached hydrogen (secondary N) is 2. The number of fused-ring (bicyclic) bond motifs is 2. The van der Waals surface area contributed by atoms with E-state index in [1.807, 2.05) is 18.2 Å². The van der Waals surface area contributed by atoms with E-state index in [-0.39, 0.29) is 18.4 Å². The summed E-state index contributed by atoms with van der Waals surface area (Å²) in [7, 11) is 0. The molecule has 3 heterocycles. The molecule has 1 aromatic carbocycles. The van der Waals surface area contributed by atoms with E-state index in [2.05, 4.69) is 33.5 Å². The Morgan fingerprint density at radius 2 is 2.00 bits per heavy atom. The van der Waals surface area contributed by atoms with Crippen molar-refractivity contribution < 1.29 is 0 Å². The minimum absolute atomic E-state index is 0. The number of halogens is 1. The maximum Gasteiger partial charge on any atom is 0.0943 e. The maximum absolute atomic E-state index is 4.76. The summed E-state index contributed by atoms with van der Waals surface area (Å²) >= 11 is 0. The van der Waals surface area contributed by atoms with Crippen molar-refractivity contribution in [3.05, 3.63) is 59.8 Å². The van der Waals surface area contributed by atoms with Gasteiger partial charge in [-0.25, -0.2) is 4.98 Å². The zero-order valence-corrected chi connectivity index (χ0v) is 11.7. The normalized spacial score (nSPS) is 17.5. The van der Waals surface area contributed by atoms with E-state index in [0.29, 0.717) is 0 Å². The number of H-pyrrole nitrogens is 1. The quantitative estimate of drug-likeness (QED) is 0.723. The van der Waals surface area contributed by atoms with Gasteiger partial charge < -0.3 is 10.3 Å². The zero-order chi connectivity index (χ0) is 12.7. The molecule has 0 saturated heterocycles.